The molecule has 0 fully saturated rings. The monoisotopic (exact) mass is 861 g/mol. The van der Waals surface area contributed by atoms with E-state index in [2.05, 4.69) is 217 Å². The first-order valence-electron chi connectivity index (χ1n) is 21.4. The van der Waals surface area contributed by atoms with Gasteiger partial charge in [-0.1, -0.05) is 125 Å². The fourth-order valence-electron chi connectivity index (χ4n) is 6.60. The summed E-state index contributed by atoms with van der Waals surface area (Å²) >= 11 is 0. The van der Waals surface area contributed by atoms with E-state index in [1.54, 1.807) is 0 Å². The van der Waals surface area contributed by atoms with Crippen LogP contribution in [0, 0.1) is 0 Å². The molecule has 0 atom stereocenters. The fraction of sp³-hybridized carbons (Fsp3) is 0.444. The molecule has 0 bridgehead atoms. The van der Waals surface area contributed by atoms with Gasteiger partial charge in [0.25, 0.3) is 0 Å². The second kappa shape index (κ2) is 18.0. The average molecular weight is 862 g/mol. The van der Waals surface area contributed by atoms with Gasteiger partial charge in [-0.15, -0.1) is 0 Å². The third kappa shape index (κ3) is 12.7. The van der Waals surface area contributed by atoms with Crippen LogP contribution in [-0.4, -0.2) is 29.9 Å². The van der Waals surface area contributed by atoms with Crippen molar-refractivity contribution in [3.8, 4) is 45.6 Å². The van der Waals surface area contributed by atoms with Gasteiger partial charge >= 0.3 is 16.8 Å². The summed E-state index contributed by atoms with van der Waals surface area (Å²) in [5.41, 5.74) is 14.9. The van der Waals surface area contributed by atoms with Crippen molar-refractivity contribution < 1.29 is 16.8 Å². The van der Waals surface area contributed by atoms with E-state index < -0.39 is 0 Å². The van der Waals surface area contributed by atoms with Crippen molar-refractivity contribution in [1.29, 1.82) is 0 Å². The maximum atomic E-state index is 5.01. The van der Waals surface area contributed by atoms with Crippen LogP contribution in [0.15, 0.2) is 97.6 Å². The van der Waals surface area contributed by atoms with Gasteiger partial charge in [0.2, 0.25) is 0 Å². The van der Waals surface area contributed by atoms with Gasteiger partial charge < -0.3 is 0 Å². The van der Waals surface area contributed by atoms with Gasteiger partial charge in [-0.3, -0.25) is 19.9 Å². The van der Waals surface area contributed by atoms with Gasteiger partial charge in [-0.2, -0.15) is 0 Å². The molecule has 61 heavy (non-hydrogen) atoms. The summed E-state index contributed by atoms with van der Waals surface area (Å²) < 4.78 is 0. The molecule has 322 valence electrons. The Morgan fingerprint density at radius 2 is 0.410 bits per heavy atom. The molecule has 0 aliphatic carbocycles. The third-order valence-corrected chi connectivity index (χ3v) is 10.9. The van der Waals surface area contributed by atoms with E-state index >= 15 is 0 Å². The van der Waals surface area contributed by atoms with Crippen LogP contribution in [0.25, 0.3) is 45.6 Å². The standard InChI is InChI=1S/2C27H35N3.Co/c2*1-25(2,3)18-10-12-28-21(14-18)23-16-20(27(7,8)9)17-24(30-23)22-15-19(11-13-29-22)26(4,5)6;/h2*10-17H,1-9H3;/q;;+3. The zero-order chi connectivity index (χ0) is 44.6. The first kappa shape index (κ1) is 49.1. The number of pyridine rings is 6. The Bertz CT molecular complexity index is 2120. The Labute approximate surface area is 378 Å². The Morgan fingerprint density at radius 1 is 0.246 bits per heavy atom. The van der Waals surface area contributed by atoms with E-state index in [9.17, 15) is 0 Å². The maximum absolute atomic E-state index is 5.01. The Kier molecular flexibility index (Phi) is 14.5. The molecule has 6 rings (SSSR count). The molecule has 0 aliphatic heterocycles. The van der Waals surface area contributed by atoms with Crippen LogP contribution in [0.1, 0.15) is 158 Å². The van der Waals surface area contributed by atoms with Gasteiger partial charge in [-0.25, -0.2) is 9.97 Å². The molecule has 0 amide bonds. The minimum Gasteiger partial charge on any atom is -0.255 e. The fourth-order valence-corrected chi connectivity index (χ4v) is 6.60. The molecule has 0 aliphatic rings. The van der Waals surface area contributed by atoms with Gasteiger partial charge in [0.15, 0.2) is 0 Å². The molecular weight excluding hydrogens is 792 g/mol. The van der Waals surface area contributed by atoms with Gasteiger partial charge in [-0.05, 0) is 139 Å². The van der Waals surface area contributed by atoms with Crippen LogP contribution < -0.4 is 0 Å². The summed E-state index contributed by atoms with van der Waals surface area (Å²) in [6.45, 7) is 40.0. The normalized spacial score (nSPS) is 12.6. The molecule has 0 saturated carbocycles. The predicted octanol–water partition coefficient (Wildman–Crippen LogP) is 14.2. The SMILES string of the molecule is CC(C)(C)c1ccnc(-c2cc(C(C)(C)C)cc(-c3cc(C(C)(C)C)ccn3)n2)c1.CC(C)(C)c1ccnc(-c2cc(C(C)(C)C)cc(-c3cc(C(C)(C)C)ccn3)n2)c1.[Co+3]. The van der Waals surface area contributed by atoms with E-state index in [4.69, 9.17) is 9.97 Å². The van der Waals surface area contributed by atoms with Crippen molar-refractivity contribution in [3.63, 3.8) is 0 Å². The van der Waals surface area contributed by atoms with Crippen molar-refractivity contribution in [2.24, 2.45) is 0 Å². The Balaban J connectivity index is 0.000000264. The van der Waals surface area contributed by atoms with Crippen molar-refractivity contribution in [1.82, 2.24) is 29.9 Å². The zero-order valence-corrected chi connectivity index (χ0v) is 41.3. The van der Waals surface area contributed by atoms with Crippen LogP contribution in [0.4, 0.5) is 0 Å². The van der Waals surface area contributed by atoms with E-state index in [0.29, 0.717) is 0 Å². The molecule has 0 radical (unpaired) electrons. The molecule has 0 spiro atoms. The van der Waals surface area contributed by atoms with Crippen LogP contribution in [-0.2, 0) is 49.3 Å². The quantitative estimate of drug-likeness (QED) is 0.176. The van der Waals surface area contributed by atoms with E-state index in [0.717, 1.165) is 45.6 Å². The molecular formula is C54H70CoN6+3. The molecule has 6 nitrogen and oxygen atoms in total. The number of hydrogen-bond acceptors (Lipinski definition) is 6. The second-order valence-corrected chi connectivity index (χ2v) is 22.5. The van der Waals surface area contributed by atoms with Crippen LogP contribution in [0.3, 0.4) is 0 Å². The predicted molar refractivity (Wildman–Crippen MR) is 254 cm³/mol. The summed E-state index contributed by atoms with van der Waals surface area (Å²) in [7, 11) is 0. The maximum Gasteiger partial charge on any atom is 3.00 e. The minimum absolute atomic E-state index is 0. The largest absolute Gasteiger partial charge is 3.00 e. The summed E-state index contributed by atoms with van der Waals surface area (Å²) in [5.74, 6) is 0. The van der Waals surface area contributed by atoms with Crippen molar-refractivity contribution in [2.45, 2.75) is 157 Å². The van der Waals surface area contributed by atoms with E-state index in [-0.39, 0.29) is 49.3 Å². The van der Waals surface area contributed by atoms with Crippen LogP contribution >= 0.6 is 0 Å². The molecule has 6 heterocycles. The minimum atomic E-state index is -0.00425. The van der Waals surface area contributed by atoms with Crippen molar-refractivity contribution >= 4 is 0 Å². The summed E-state index contributed by atoms with van der Waals surface area (Å²) in [6.07, 6.45) is 7.55. The summed E-state index contributed by atoms with van der Waals surface area (Å²) in [6, 6.07) is 25.7. The number of rotatable bonds is 4. The zero-order valence-electron chi connectivity index (χ0n) is 40.3. The van der Waals surface area contributed by atoms with E-state index in [1.165, 1.54) is 33.4 Å². The number of hydrogen-bond donors (Lipinski definition) is 0. The summed E-state index contributed by atoms with van der Waals surface area (Å²) in [5, 5.41) is 0. The number of nitrogens with zero attached hydrogens (tertiary/aromatic N) is 6. The molecule has 0 saturated heterocycles. The summed E-state index contributed by atoms with van der Waals surface area (Å²) in [4.78, 5) is 28.6. The smallest absolute Gasteiger partial charge is 0.255 e. The second-order valence-electron chi connectivity index (χ2n) is 22.5. The molecule has 0 unspecified atom stereocenters. The first-order chi connectivity index (χ1) is 27.5. The molecule has 0 N–H and O–H groups in total. The van der Waals surface area contributed by atoms with Crippen molar-refractivity contribution in [2.75, 3.05) is 0 Å². The van der Waals surface area contributed by atoms with Gasteiger partial charge in [0.05, 0.1) is 45.6 Å². The molecule has 7 heteroatoms. The Morgan fingerprint density at radius 3 is 0.574 bits per heavy atom. The topological polar surface area (TPSA) is 77.3 Å². The van der Waals surface area contributed by atoms with Gasteiger partial charge in [0, 0.05) is 24.8 Å². The molecule has 0 aromatic carbocycles. The molecule has 6 aromatic rings. The Hall–Kier alpha value is -4.59. The average Bonchev–Trinajstić information content (AvgIpc) is 3.16. The first-order valence-corrected chi connectivity index (χ1v) is 21.4. The molecule has 6 aromatic heterocycles. The van der Waals surface area contributed by atoms with Crippen LogP contribution in [0.2, 0.25) is 0 Å². The van der Waals surface area contributed by atoms with Crippen LogP contribution in [0.5, 0.6) is 0 Å². The third-order valence-electron chi connectivity index (χ3n) is 10.9. The number of aromatic nitrogens is 6. The van der Waals surface area contributed by atoms with Crippen molar-refractivity contribution in [3.05, 3.63) is 131 Å². The van der Waals surface area contributed by atoms with E-state index in [1.807, 2.05) is 24.8 Å². The van der Waals surface area contributed by atoms with Gasteiger partial charge in [0.1, 0.15) is 0 Å².